The lowest BCUT2D eigenvalue weighted by Crippen LogP contribution is -2.48. The summed E-state index contributed by atoms with van der Waals surface area (Å²) in [5.41, 5.74) is 4.03. The average Bonchev–Trinajstić information content (AvgIpc) is 3.17. The number of nitrogens with zero attached hydrogens (tertiary/aromatic N) is 2. The van der Waals surface area contributed by atoms with E-state index in [9.17, 15) is 4.79 Å². The van der Waals surface area contributed by atoms with Crippen molar-refractivity contribution in [3.63, 3.8) is 0 Å². The Balaban J connectivity index is 1.65. The van der Waals surface area contributed by atoms with E-state index in [-0.39, 0.29) is 12.5 Å². The van der Waals surface area contributed by atoms with Gasteiger partial charge < -0.3 is 15.5 Å². The molecule has 1 amide bonds. The van der Waals surface area contributed by atoms with E-state index in [0.717, 1.165) is 19.3 Å². The van der Waals surface area contributed by atoms with Gasteiger partial charge in [-0.25, -0.2) is 4.99 Å². The second kappa shape index (κ2) is 8.85. The maximum Gasteiger partial charge on any atom is 0.241 e. The van der Waals surface area contributed by atoms with Crippen LogP contribution in [0.4, 0.5) is 0 Å². The van der Waals surface area contributed by atoms with Gasteiger partial charge >= 0.3 is 0 Å². The van der Waals surface area contributed by atoms with Gasteiger partial charge in [0.25, 0.3) is 0 Å². The van der Waals surface area contributed by atoms with Crippen molar-refractivity contribution in [1.29, 1.82) is 0 Å². The summed E-state index contributed by atoms with van der Waals surface area (Å²) in [6.45, 7) is 0.851. The van der Waals surface area contributed by atoms with Crippen LogP contribution in [0.25, 0.3) is 0 Å². The molecule has 6 heteroatoms. The molecular weight excluding hydrogens is 344 g/mol. The molecule has 0 radical (unpaired) electrons. The number of nitrogens with one attached hydrogen (secondary N) is 2. The fourth-order valence-electron chi connectivity index (χ4n) is 3.04. The van der Waals surface area contributed by atoms with Gasteiger partial charge in [0, 0.05) is 20.1 Å². The summed E-state index contributed by atoms with van der Waals surface area (Å²) in [6, 6.07) is 11.0. The molecule has 0 fully saturated rings. The molecule has 0 spiro atoms. The minimum absolute atomic E-state index is 0.0315. The van der Waals surface area contributed by atoms with Crippen LogP contribution in [0.3, 0.4) is 0 Å². The van der Waals surface area contributed by atoms with Crippen molar-refractivity contribution in [1.82, 2.24) is 15.5 Å². The summed E-state index contributed by atoms with van der Waals surface area (Å²) < 4.78 is 0. The molecule has 1 aliphatic carbocycles. The molecule has 0 bridgehead atoms. The number of fused-ring (bicyclic) bond motifs is 1. The molecule has 1 atom stereocenters. The number of likely N-dealkylation sites (N-methyl/N-ethyl adjacent to an activating group) is 1. The number of guanidine groups is 1. The highest BCUT2D eigenvalue weighted by atomic mass is 32.1. The van der Waals surface area contributed by atoms with E-state index in [0.29, 0.717) is 18.5 Å². The van der Waals surface area contributed by atoms with Crippen LogP contribution in [0.15, 0.2) is 46.1 Å². The van der Waals surface area contributed by atoms with Gasteiger partial charge in [-0.2, -0.15) is 11.3 Å². The van der Waals surface area contributed by atoms with Gasteiger partial charge in [0.05, 0.1) is 13.1 Å². The molecule has 1 heterocycles. The zero-order valence-electron chi connectivity index (χ0n) is 15.4. The summed E-state index contributed by atoms with van der Waals surface area (Å²) in [4.78, 5) is 18.2. The summed E-state index contributed by atoms with van der Waals surface area (Å²) in [5, 5.41) is 10.9. The van der Waals surface area contributed by atoms with Crippen LogP contribution in [0, 0.1) is 0 Å². The van der Waals surface area contributed by atoms with E-state index in [1.165, 1.54) is 16.7 Å². The molecule has 1 aromatic carbocycles. The van der Waals surface area contributed by atoms with E-state index in [2.05, 4.69) is 56.7 Å². The maximum absolute atomic E-state index is 11.9. The second-order valence-electron chi connectivity index (χ2n) is 6.79. The zero-order chi connectivity index (χ0) is 18.4. The van der Waals surface area contributed by atoms with Gasteiger partial charge in [-0.1, -0.05) is 24.3 Å². The first-order chi connectivity index (χ1) is 12.6. The van der Waals surface area contributed by atoms with Crippen molar-refractivity contribution in [3.05, 3.63) is 57.8 Å². The Hall–Kier alpha value is -2.34. The zero-order valence-corrected chi connectivity index (χ0v) is 16.2. The lowest BCUT2D eigenvalue weighted by molar-refractivity contribution is -0.127. The molecule has 1 unspecified atom stereocenters. The molecule has 0 aliphatic heterocycles. The number of thiophene rings is 1. The predicted octanol–water partition coefficient (Wildman–Crippen LogP) is 2.43. The molecule has 1 aromatic heterocycles. The average molecular weight is 371 g/mol. The SMILES string of the molecule is CN(C)C(=O)CNC(=NCc1ccsc1)NC1CCc2ccccc2C1. The van der Waals surface area contributed by atoms with E-state index < -0.39 is 0 Å². The highest BCUT2D eigenvalue weighted by Crippen LogP contribution is 2.21. The van der Waals surface area contributed by atoms with Crippen LogP contribution in [-0.4, -0.2) is 43.4 Å². The number of carbonyl (C=O) groups is 1. The molecule has 0 saturated carbocycles. The predicted molar refractivity (Wildman–Crippen MR) is 108 cm³/mol. The Labute approximate surface area is 159 Å². The summed E-state index contributed by atoms with van der Waals surface area (Å²) in [6.07, 6.45) is 3.12. The Kier molecular flexibility index (Phi) is 6.28. The van der Waals surface area contributed by atoms with Gasteiger partial charge in [-0.05, 0) is 52.8 Å². The van der Waals surface area contributed by atoms with Crippen LogP contribution in [0.1, 0.15) is 23.1 Å². The van der Waals surface area contributed by atoms with Crippen molar-refractivity contribution in [2.75, 3.05) is 20.6 Å². The molecule has 5 nitrogen and oxygen atoms in total. The third-order valence-corrected chi connectivity index (χ3v) is 5.33. The number of amides is 1. The normalized spacial score (nSPS) is 16.7. The molecule has 2 N–H and O–H groups in total. The number of hydrogen-bond donors (Lipinski definition) is 2. The van der Waals surface area contributed by atoms with E-state index >= 15 is 0 Å². The molecular formula is C20H26N4OS. The Bertz CT molecular complexity index is 755. The number of aryl methyl sites for hydroxylation is 1. The van der Waals surface area contributed by atoms with Crippen molar-refractivity contribution in [2.45, 2.75) is 31.8 Å². The maximum atomic E-state index is 11.9. The number of aliphatic imine (C=N–C) groups is 1. The van der Waals surface area contributed by atoms with Crippen LogP contribution >= 0.6 is 11.3 Å². The van der Waals surface area contributed by atoms with Gasteiger partial charge in [0.1, 0.15) is 0 Å². The lowest BCUT2D eigenvalue weighted by atomic mass is 9.88. The number of hydrogen-bond acceptors (Lipinski definition) is 3. The lowest BCUT2D eigenvalue weighted by Gasteiger charge is -2.27. The topological polar surface area (TPSA) is 56.7 Å². The van der Waals surface area contributed by atoms with Crippen molar-refractivity contribution >= 4 is 23.2 Å². The van der Waals surface area contributed by atoms with Crippen molar-refractivity contribution < 1.29 is 4.79 Å². The second-order valence-corrected chi connectivity index (χ2v) is 7.57. The van der Waals surface area contributed by atoms with Gasteiger partial charge in [-0.15, -0.1) is 0 Å². The monoisotopic (exact) mass is 370 g/mol. The molecule has 26 heavy (non-hydrogen) atoms. The van der Waals surface area contributed by atoms with E-state index in [1.807, 2.05) is 0 Å². The van der Waals surface area contributed by atoms with Crippen LogP contribution < -0.4 is 10.6 Å². The largest absolute Gasteiger partial charge is 0.353 e. The van der Waals surface area contributed by atoms with Crippen molar-refractivity contribution in [2.24, 2.45) is 4.99 Å². The fourth-order valence-corrected chi connectivity index (χ4v) is 3.70. The van der Waals surface area contributed by atoms with Crippen LogP contribution in [0.2, 0.25) is 0 Å². The summed E-state index contributed by atoms with van der Waals surface area (Å²) in [7, 11) is 3.52. The number of carbonyl (C=O) groups excluding carboxylic acids is 1. The standard InChI is InChI=1S/C20H26N4OS/c1-24(2)19(25)13-22-20(21-12-15-9-10-26-14-15)23-18-8-7-16-5-3-4-6-17(16)11-18/h3-6,9-10,14,18H,7-8,11-13H2,1-2H3,(H2,21,22,23). The summed E-state index contributed by atoms with van der Waals surface area (Å²) in [5.74, 6) is 0.736. The summed E-state index contributed by atoms with van der Waals surface area (Å²) >= 11 is 1.67. The Morgan fingerprint density at radius 3 is 2.81 bits per heavy atom. The minimum atomic E-state index is 0.0315. The Morgan fingerprint density at radius 2 is 2.08 bits per heavy atom. The molecule has 0 saturated heterocycles. The first kappa shape index (κ1) is 18.5. The van der Waals surface area contributed by atoms with E-state index in [1.54, 1.807) is 30.3 Å². The smallest absolute Gasteiger partial charge is 0.241 e. The highest BCUT2D eigenvalue weighted by Gasteiger charge is 2.19. The van der Waals surface area contributed by atoms with Gasteiger partial charge in [0.2, 0.25) is 5.91 Å². The molecule has 138 valence electrons. The van der Waals surface area contributed by atoms with E-state index in [4.69, 9.17) is 0 Å². The van der Waals surface area contributed by atoms with Gasteiger partial charge in [-0.3, -0.25) is 4.79 Å². The minimum Gasteiger partial charge on any atom is -0.353 e. The quantitative estimate of drug-likeness (QED) is 0.628. The van der Waals surface area contributed by atoms with Crippen molar-refractivity contribution in [3.8, 4) is 0 Å². The molecule has 3 rings (SSSR count). The number of rotatable bonds is 5. The molecule has 1 aliphatic rings. The molecule has 2 aromatic rings. The number of benzene rings is 1. The third kappa shape index (κ3) is 5.08. The third-order valence-electron chi connectivity index (χ3n) is 4.59. The Morgan fingerprint density at radius 1 is 1.27 bits per heavy atom. The first-order valence-electron chi connectivity index (χ1n) is 8.94. The fraction of sp³-hybridized carbons (Fsp3) is 0.400. The van der Waals surface area contributed by atoms with Crippen LogP contribution in [0.5, 0.6) is 0 Å². The first-order valence-corrected chi connectivity index (χ1v) is 9.89. The highest BCUT2D eigenvalue weighted by molar-refractivity contribution is 7.07. The van der Waals surface area contributed by atoms with Crippen LogP contribution in [-0.2, 0) is 24.2 Å². The van der Waals surface area contributed by atoms with Gasteiger partial charge in [0.15, 0.2) is 5.96 Å².